The first kappa shape index (κ1) is 23.3. The summed E-state index contributed by atoms with van der Waals surface area (Å²) in [4.78, 5) is 20.4. The Morgan fingerprint density at radius 2 is 1.97 bits per heavy atom. The zero-order chi connectivity index (χ0) is 22.1. The van der Waals surface area contributed by atoms with Gasteiger partial charge in [0.05, 0.1) is 11.4 Å². The Balaban J connectivity index is 0.000000343. The third-order valence-corrected chi connectivity index (χ3v) is 5.34. The molecular formula is C20H24FN3O5S. The Kier molecular flexibility index (Phi) is 8.78. The molecule has 2 heterocycles. The van der Waals surface area contributed by atoms with E-state index in [4.69, 9.17) is 15.3 Å². The van der Waals surface area contributed by atoms with Crippen LogP contribution in [-0.2, 0) is 22.6 Å². The second-order valence-corrected chi connectivity index (χ2v) is 7.36. The number of halogens is 1. The molecule has 1 aliphatic heterocycles. The summed E-state index contributed by atoms with van der Waals surface area (Å²) in [6.07, 6.45) is 2.78. The van der Waals surface area contributed by atoms with Gasteiger partial charge in [-0.15, -0.1) is 11.3 Å². The number of fused-ring (bicyclic) bond motifs is 2. The van der Waals surface area contributed by atoms with E-state index in [2.05, 4.69) is 23.7 Å². The molecule has 1 aromatic heterocycles. The van der Waals surface area contributed by atoms with E-state index in [9.17, 15) is 14.0 Å². The number of carboxylic acid groups (broad SMARTS) is 2. The van der Waals surface area contributed by atoms with E-state index in [-0.39, 0.29) is 12.4 Å². The van der Waals surface area contributed by atoms with Gasteiger partial charge in [-0.2, -0.15) is 0 Å². The predicted octanol–water partition coefficient (Wildman–Crippen LogP) is 3.11. The molecule has 0 aliphatic carbocycles. The number of carboxylic acids is 2. The summed E-state index contributed by atoms with van der Waals surface area (Å²) in [7, 11) is 0. The van der Waals surface area contributed by atoms with Crippen molar-refractivity contribution < 1.29 is 29.3 Å². The molecule has 3 rings (SSSR count). The molecule has 0 saturated heterocycles. The molecule has 0 amide bonds. The number of thiophene rings is 1. The van der Waals surface area contributed by atoms with Gasteiger partial charge in [0.2, 0.25) is 0 Å². The highest BCUT2D eigenvalue weighted by molar-refractivity contribution is 7.16. The fraction of sp³-hybridized carbons (Fsp3) is 0.300. The maximum Gasteiger partial charge on any atom is 0.328 e. The summed E-state index contributed by atoms with van der Waals surface area (Å²) in [6.45, 7) is 3.63. The number of nitrogens with one attached hydrogen (secondary N) is 2. The summed E-state index contributed by atoms with van der Waals surface area (Å²) in [5, 5.41) is 31.1. The molecule has 0 spiro atoms. The standard InChI is InChI=1S/C16H20FN3OS.C4H4O4/c1-2-13-8-11-10-18-14-9-12(17)4-5-15(14)20(16(11)22-13)19-6-3-7-21;5-3(6)1-2-4(7)8/h4-5,8-9,18-19,21H,2-3,6-7,10H2,1H3;1-2H,(H,5,6)(H,7,8)/b;2-1-. The van der Waals surface area contributed by atoms with Crippen molar-refractivity contribution in [2.24, 2.45) is 0 Å². The number of nitrogens with zero attached hydrogens (tertiary/aromatic N) is 1. The van der Waals surface area contributed by atoms with Crippen LogP contribution in [0.1, 0.15) is 23.8 Å². The van der Waals surface area contributed by atoms with Gasteiger partial charge in [-0.3, -0.25) is 5.01 Å². The largest absolute Gasteiger partial charge is 0.478 e. The number of aliphatic hydroxyl groups excluding tert-OH is 1. The van der Waals surface area contributed by atoms with Gasteiger partial charge in [-0.05, 0) is 37.1 Å². The number of hydrazine groups is 1. The Bertz CT molecular complexity index is 900. The number of rotatable bonds is 7. The molecule has 2 aromatic rings. The van der Waals surface area contributed by atoms with E-state index >= 15 is 0 Å². The van der Waals surface area contributed by atoms with Crippen LogP contribution < -0.4 is 15.8 Å². The summed E-state index contributed by atoms with van der Waals surface area (Å²) >= 11 is 1.75. The Morgan fingerprint density at radius 1 is 1.27 bits per heavy atom. The monoisotopic (exact) mass is 437 g/mol. The van der Waals surface area contributed by atoms with Crippen molar-refractivity contribution in [3.63, 3.8) is 0 Å². The minimum absolute atomic E-state index is 0.146. The van der Waals surface area contributed by atoms with Crippen molar-refractivity contribution in [3.05, 3.63) is 52.7 Å². The van der Waals surface area contributed by atoms with Crippen LogP contribution in [0, 0.1) is 5.82 Å². The lowest BCUT2D eigenvalue weighted by Crippen LogP contribution is -2.34. The van der Waals surface area contributed by atoms with Gasteiger partial charge in [0.1, 0.15) is 10.8 Å². The number of aryl methyl sites for hydroxylation is 1. The van der Waals surface area contributed by atoms with E-state index in [0.29, 0.717) is 31.7 Å². The van der Waals surface area contributed by atoms with E-state index in [1.807, 2.05) is 5.01 Å². The van der Waals surface area contributed by atoms with Crippen molar-refractivity contribution in [2.45, 2.75) is 26.3 Å². The number of aliphatic hydroxyl groups is 1. The Morgan fingerprint density at radius 3 is 2.57 bits per heavy atom. The van der Waals surface area contributed by atoms with Gasteiger partial charge in [-0.1, -0.05) is 6.92 Å². The third kappa shape index (κ3) is 6.55. The average molecular weight is 437 g/mol. The highest BCUT2D eigenvalue weighted by atomic mass is 32.1. The average Bonchev–Trinajstić information content (AvgIpc) is 3.06. The molecule has 162 valence electrons. The van der Waals surface area contributed by atoms with Gasteiger partial charge in [0, 0.05) is 42.3 Å². The number of aliphatic carboxylic acids is 2. The molecule has 30 heavy (non-hydrogen) atoms. The van der Waals surface area contributed by atoms with E-state index in [0.717, 1.165) is 22.8 Å². The lowest BCUT2D eigenvalue weighted by molar-refractivity contribution is -0.134. The van der Waals surface area contributed by atoms with Crippen molar-refractivity contribution in [3.8, 4) is 0 Å². The number of hydrogen-bond acceptors (Lipinski definition) is 7. The Labute approximate surface area is 177 Å². The molecule has 0 fully saturated rings. The van der Waals surface area contributed by atoms with Crippen molar-refractivity contribution >= 4 is 39.7 Å². The van der Waals surface area contributed by atoms with Crippen molar-refractivity contribution in [1.29, 1.82) is 0 Å². The maximum atomic E-state index is 13.5. The van der Waals surface area contributed by atoms with Crippen LogP contribution in [0.4, 0.5) is 20.8 Å². The van der Waals surface area contributed by atoms with Gasteiger partial charge >= 0.3 is 11.9 Å². The first-order valence-corrected chi connectivity index (χ1v) is 10.1. The first-order valence-electron chi connectivity index (χ1n) is 9.29. The molecule has 5 N–H and O–H groups in total. The predicted molar refractivity (Wildman–Crippen MR) is 114 cm³/mol. The normalized spacial score (nSPS) is 12.3. The van der Waals surface area contributed by atoms with E-state index in [1.54, 1.807) is 17.4 Å². The minimum Gasteiger partial charge on any atom is -0.478 e. The second-order valence-electron chi connectivity index (χ2n) is 6.24. The first-order chi connectivity index (χ1) is 14.3. The molecule has 0 unspecified atom stereocenters. The van der Waals surface area contributed by atoms with Gasteiger partial charge in [-0.25, -0.2) is 19.4 Å². The molecule has 0 atom stereocenters. The topological polar surface area (TPSA) is 122 Å². The van der Waals surface area contributed by atoms with E-state index in [1.165, 1.54) is 22.6 Å². The van der Waals surface area contributed by atoms with Crippen LogP contribution >= 0.6 is 11.3 Å². The molecule has 0 saturated carbocycles. The fourth-order valence-corrected chi connectivity index (χ4v) is 3.79. The zero-order valence-corrected chi connectivity index (χ0v) is 17.2. The van der Waals surface area contributed by atoms with Crippen LogP contribution in [0.5, 0.6) is 0 Å². The van der Waals surface area contributed by atoms with Crippen LogP contribution in [0.2, 0.25) is 0 Å². The maximum absolute atomic E-state index is 13.5. The van der Waals surface area contributed by atoms with Gasteiger partial charge < -0.3 is 20.6 Å². The van der Waals surface area contributed by atoms with Gasteiger partial charge in [0.15, 0.2) is 0 Å². The van der Waals surface area contributed by atoms with E-state index < -0.39 is 11.9 Å². The molecular weight excluding hydrogens is 413 g/mol. The van der Waals surface area contributed by atoms with Crippen LogP contribution in [0.25, 0.3) is 0 Å². The summed E-state index contributed by atoms with van der Waals surface area (Å²) in [5.41, 5.74) is 6.24. The second kappa shape index (κ2) is 11.3. The minimum atomic E-state index is -1.26. The van der Waals surface area contributed by atoms with Crippen molar-refractivity contribution in [1.82, 2.24) is 5.43 Å². The molecule has 10 heteroatoms. The summed E-state index contributed by atoms with van der Waals surface area (Å²) < 4.78 is 13.5. The lowest BCUT2D eigenvalue weighted by atomic mass is 10.2. The molecule has 0 radical (unpaired) electrons. The smallest absolute Gasteiger partial charge is 0.328 e. The molecule has 8 nitrogen and oxygen atoms in total. The molecule has 0 bridgehead atoms. The fourth-order valence-electron chi connectivity index (χ4n) is 2.68. The lowest BCUT2D eigenvalue weighted by Gasteiger charge is -2.25. The quantitative estimate of drug-likeness (QED) is 0.331. The summed E-state index contributed by atoms with van der Waals surface area (Å²) in [5.74, 6) is -2.76. The Hall–Kier alpha value is -2.95. The highest BCUT2D eigenvalue weighted by Gasteiger charge is 2.23. The van der Waals surface area contributed by atoms with Gasteiger partial charge in [0.25, 0.3) is 0 Å². The number of anilines is 3. The highest BCUT2D eigenvalue weighted by Crippen LogP contribution is 2.41. The van der Waals surface area contributed by atoms with Crippen LogP contribution in [0.15, 0.2) is 36.4 Å². The zero-order valence-electron chi connectivity index (χ0n) is 16.4. The van der Waals surface area contributed by atoms with Crippen LogP contribution in [-0.4, -0.2) is 40.4 Å². The number of benzene rings is 1. The van der Waals surface area contributed by atoms with Crippen LogP contribution in [0.3, 0.4) is 0 Å². The summed E-state index contributed by atoms with van der Waals surface area (Å²) in [6, 6.07) is 6.98. The van der Waals surface area contributed by atoms with Crippen molar-refractivity contribution in [2.75, 3.05) is 23.5 Å². The molecule has 1 aromatic carbocycles. The number of carbonyl (C=O) groups is 2. The SMILES string of the molecule is CCc1cc2c(s1)N(NCCCO)c1ccc(F)cc1NC2.O=C(O)/C=C\C(=O)O. The number of hydrogen-bond donors (Lipinski definition) is 5. The third-order valence-electron chi connectivity index (χ3n) is 4.03. The molecule has 1 aliphatic rings.